The molecule has 0 saturated carbocycles. The average molecular weight is 369 g/mol. The van der Waals surface area contributed by atoms with Crippen LogP contribution in [0.25, 0.3) is 10.9 Å². The number of carbonyl (C=O) groups excluding carboxylic acids is 2. The fourth-order valence-electron chi connectivity index (χ4n) is 2.99. The number of carbonyl (C=O) groups is 2. The summed E-state index contributed by atoms with van der Waals surface area (Å²) in [5, 5.41) is 0.427. The third kappa shape index (κ3) is 2.84. The van der Waals surface area contributed by atoms with E-state index >= 15 is 0 Å². The van der Waals surface area contributed by atoms with E-state index in [-0.39, 0.29) is 18.1 Å². The van der Waals surface area contributed by atoms with Gasteiger partial charge in [-0.3, -0.25) is 9.69 Å². The fourth-order valence-corrected chi connectivity index (χ4v) is 2.99. The molecule has 1 fully saturated rings. The number of ether oxygens (including phenoxy) is 1. The monoisotopic (exact) mass is 369 g/mol. The number of nitrogens with zero attached hydrogens (tertiary/aromatic N) is 3. The number of anilines is 2. The van der Waals surface area contributed by atoms with Crippen LogP contribution in [0, 0.1) is 11.6 Å². The van der Waals surface area contributed by atoms with Gasteiger partial charge in [-0.15, -0.1) is 0 Å². The molecule has 2 aromatic carbocycles. The molecule has 1 aliphatic heterocycles. The summed E-state index contributed by atoms with van der Waals surface area (Å²) >= 11 is 0. The number of benzene rings is 2. The van der Waals surface area contributed by atoms with Crippen LogP contribution < -0.4 is 14.5 Å². The second kappa shape index (κ2) is 6.31. The van der Waals surface area contributed by atoms with Crippen LogP contribution in [0.2, 0.25) is 0 Å². The lowest BCUT2D eigenvalue weighted by Crippen LogP contribution is -2.33. The molecule has 0 atom stereocenters. The van der Waals surface area contributed by atoms with E-state index in [9.17, 15) is 18.4 Å². The van der Waals surface area contributed by atoms with Crippen LogP contribution in [-0.2, 0) is 4.79 Å². The van der Waals surface area contributed by atoms with Gasteiger partial charge in [-0.2, -0.15) is 0 Å². The third-order valence-corrected chi connectivity index (χ3v) is 4.27. The Kier molecular flexibility index (Phi) is 3.95. The predicted octanol–water partition coefficient (Wildman–Crippen LogP) is 3.49. The molecule has 0 spiro atoms. The maximum absolute atomic E-state index is 13.5. The van der Waals surface area contributed by atoms with Crippen LogP contribution in [0.1, 0.15) is 0 Å². The van der Waals surface area contributed by atoms with Crippen molar-refractivity contribution < 1.29 is 23.1 Å². The summed E-state index contributed by atoms with van der Waals surface area (Å²) in [4.78, 5) is 31.7. The predicted molar refractivity (Wildman–Crippen MR) is 94.9 cm³/mol. The van der Waals surface area contributed by atoms with Gasteiger partial charge in [0.2, 0.25) is 0 Å². The van der Waals surface area contributed by atoms with Crippen molar-refractivity contribution in [2.75, 3.05) is 23.5 Å². The molecule has 4 rings (SSSR count). The molecule has 3 amide bonds. The molecular weight excluding hydrogens is 356 g/mol. The first-order valence-electron chi connectivity index (χ1n) is 8.02. The normalized spacial score (nSPS) is 14.3. The summed E-state index contributed by atoms with van der Waals surface area (Å²) in [5.74, 6) is -1.02. The number of aromatic nitrogens is 1. The highest BCUT2D eigenvalue weighted by Crippen LogP contribution is 2.32. The largest absolute Gasteiger partial charge is 0.496 e. The van der Waals surface area contributed by atoms with Gasteiger partial charge in [0.15, 0.2) is 0 Å². The number of imide groups is 1. The summed E-state index contributed by atoms with van der Waals surface area (Å²) in [6, 6.07) is 10.00. The van der Waals surface area contributed by atoms with Crippen molar-refractivity contribution in [3.8, 4) is 5.75 Å². The second-order valence-electron chi connectivity index (χ2n) is 5.92. The highest BCUT2D eigenvalue weighted by molar-refractivity contribution is 6.26. The summed E-state index contributed by atoms with van der Waals surface area (Å²) in [5.41, 5.74) is 0.777. The number of urea groups is 1. The summed E-state index contributed by atoms with van der Waals surface area (Å²) in [6.45, 7) is -0.198. The van der Waals surface area contributed by atoms with E-state index in [4.69, 9.17) is 4.74 Å². The van der Waals surface area contributed by atoms with Crippen LogP contribution in [-0.4, -0.2) is 30.6 Å². The number of methoxy groups -OCH3 is 1. The Balaban J connectivity index is 1.76. The van der Waals surface area contributed by atoms with Crippen molar-refractivity contribution in [3.63, 3.8) is 0 Å². The molecular formula is C19H13F2N3O3. The van der Waals surface area contributed by atoms with Gasteiger partial charge in [-0.1, -0.05) is 0 Å². The van der Waals surface area contributed by atoms with Crippen molar-refractivity contribution >= 4 is 34.3 Å². The van der Waals surface area contributed by atoms with Crippen LogP contribution in [0.5, 0.6) is 5.75 Å². The number of hydrogen-bond donors (Lipinski definition) is 0. The lowest BCUT2D eigenvalue weighted by atomic mass is 10.2. The van der Waals surface area contributed by atoms with Gasteiger partial charge in [-0.05, 0) is 42.5 Å². The van der Waals surface area contributed by atoms with Crippen LogP contribution in [0.3, 0.4) is 0 Å². The molecule has 0 bridgehead atoms. The lowest BCUT2D eigenvalue weighted by Gasteiger charge is -2.17. The SMILES string of the molecule is COc1cc(N2C(=O)CN(c3ccc(F)cc3)C2=O)nc2ccc(F)cc12. The molecule has 0 aliphatic carbocycles. The van der Waals surface area contributed by atoms with Crippen molar-refractivity contribution in [2.45, 2.75) is 0 Å². The molecule has 0 unspecified atom stereocenters. The molecule has 3 aromatic rings. The zero-order valence-corrected chi connectivity index (χ0v) is 14.1. The Morgan fingerprint density at radius 3 is 2.41 bits per heavy atom. The van der Waals surface area contributed by atoms with E-state index in [0.717, 1.165) is 4.90 Å². The van der Waals surface area contributed by atoms with Gasteiger partial charge in [0.25, 0.3) is 5.91 Å². The highest BCUT2D eigenvalue weighted by atomic mass is 19.1. The van der Waals surface area contributed by atoms with E-state index in [1.54, 1.807) is 0 Å². The Hall–Kier alpha value is -3.55. The first kappa shape index (κ1) is 16.9. The second-order valence-corrected chi connectivity index (χ2v) is 5.92. The Labute approximate surface area is 152 Å². The van der Waals surface area contributed by atoms with Gasteiger partial charge in [0, 0.05) is 17.1 Å². The van der Waals surface area contributed by atoms with Crippen LogP contribution in [0.4, 0.5) is 25.1 Å². The van der Waals surface area contributed by atoms with Gasteiger partial charge in [0.05, 0.1) is 12.6 Å². The van der Waals surface area contributed by atoms with Crippen molar-refractivity contribution in [2.24, 2.45) is 0 Å². The third-order valence-electron chi connectivity index (χ3n) is 4.27. The van der Waals surface area contributed by atoms with Gasteiger partial charge in [0.1, 0.15) is 29.7 Å². The fraction of sp³-hybridized carbons (Fsp3) is 0.105. The quantitative estimate of drug-likeness (QED) is 0.663. The zero-order chi connectivity index (χ0) is 19.1. The standard InChI is InChI=1S/C19H13F2N3O3/c1-27-16-9-17(22-15-7-4-12(21)8-14(15)16)24-18(25)10-23(19(24)26)13-5-2-11(20)3-6-13/h2-9H,10H2,1H3. The molecule has 2 heterocycles. The molecule has 1 aliphatic rings. The number of amides is 3. The average Bonchev–Trinajstić information content (AvgIpc) is 2.96. The van der Waals surface area contributed by atoms with Crippen molar-refractivity contribution in [1.82, 2.24) is 4.98 Å². The Morgan fingerprint density at radius 1 is 1.00 bits per heavy atom. The maximum atomic E-state index is 13.5. The Morgan fingerprint density at radius 2 is 1.70 bits per heavy atom. The molecule has 0 N–H and O–H groups in total. The topological polar surface area (TPSA) is 62.7 Å². The number of halogens is 2. The summed E-state index contributed by atoms with van der Waals surface area (Å²) in [6.07, 6.45) is 0. The van der Waals surface area contributed by atoms with Crippen molar-refractivity contribution in [3.05, 3.63) is 60.2 Å². The summed E-state index contributed by atoms with van der Waals surface area (Å²) in [7, 11) is 1.40. The van der Waals surface area contributed by atoms with Gasteiger partial charge < -0.3 is 4.74 Å². The molecule has 1 saturated heterocycles. The van der Waals surface area contributed by atoms with E-state index in [0.29, 0.717) is 16.6 Å². The van der Waals surface area contributed by atoms with Crippen LogP contribution in [0.15, 0.2) is 48.5 Å². The Bertz CT molecular complexity index is 1070. The lowest BCUT2D eigenvalue weighted by molar-refractivity contribution is -0.115. The van der Waals surface area contributed by atoms with Crippen LogP contribution >= 0.6 is 0 Å². The van der Waals surface area contributed by atoms with Crippen molar-refractivity contribution in [1.29, 1.82) is 0 Å². The first-order valence-corrected chi connectivity index (χ1v) is 8.02. The molecule has 6 nitrogen and oxygen atoms in total. The maximum Gasteiger partial charge on any atom is 0.337 e. The molecule has 136 valence electrons. The molecule has 0 radical (unpaired) electrons. The molecule has 8 heteroatoms. The minimum absolute atomic E-state index is 0.0746. The smallest absolute Gasteiger partial charge is 0.337 e. The zero-order valence-electron chi connectivity index (χ0n) is 14.1. The molecule has 1 aromatic heterocycles. The van der Waals surface area contributed by atoms with E-state index in [1.165, 1.54) is 60.5 Å². The van der Waals surface area contributed by atoms with E-state index in [1.807, 2.05) is 0 Å². The number of rotatable bonds is 3. The van der Waals surface area contributed by atoms with Gasteiger partial charge >= 0.3 is 6.03 Å². The van der Waals surface area contributed by atoms with E-state index in [2.05, 4.69) is 4.98 Å². The number of fused-ring (bicyclic) bond motifs is 1. The number of pyridine rings is 1. The highest BCUT2D eigenvalue weighted by Gasteiger charge is 2.39. The minimum Gasteiger partial charge on any atom is -0.496 e. The number of hydrogen-bond acceptors (Lipinski definition) is 4. The minimum atomic E-state index is -0.609. The summed E-state index contributed by atoms with van der Waals surface area (Å²) < 4.78 is 31.9. The van der Waals surface area contributed by atoms with E-state index < -0.39 is 23.6 Å². The first-order chi connectivity index (χ1) is 13.0. The molecule has 27 heavy (non-hydrogen) atoms. The van der Waals surface area contributed by atoms with Gasteiger partial charge in [-0.25, -0.2) is 23.5 Å².